The fourth-order valence-electron chi connectivity index (χ4n) is 2.23. The van der Waals surface area contributed by atoms with Crippen LogP contribution in [0.4, 0.5) is 0 Å². The van der Waals surface area contributed by atoms with Gasteiger partial charge in [0.2, 0.25) is 5.89 Å². The molecule has 2 rings (SSSR count). The molecule has 1 aromatic heterocycles. The van der Waals surface area contributed by atoms with Crippen molar-refractivity contribution < 1.29 is 4.52 Å². The van der Waals surface area contributed by atoms with E-state index in [4.69, 9.17) is 10.3 Å². The number of hydrogen-bond donors (Lipinski definition) is 1. The summed E-state index contributed by atoms with van der Waals surface area (Å²) in [5, 5.41) is 3.90. The minimum Gasteiger partial charge on any atom is -0.338 e. The zero-order chi connectivity index (χ0) is 10.8. The molecule has 1 aliphatic heterocycles. The third kappa shape index (κ3) is 2.35. The molecule has 1 aliphatic rings. The molecule has 15 heavy (non-hydrogen) atoms. The Morgan fingerprint density at radius 1 is 1.53 bits per heavy atom. The summed E-state index contributed by atoms with van der Waals surface area (Å²) < 4.78 is 4.97. The van der Waals surface area contributed by atoms with Gasteiger partial charge in [-0.15, -0.1) is 0 Å². The molecule has 0 aliphatic carbocycles. The van der Waals surface area contributed by atoms with Gasteiger partial charge in [0.25, 0.3) is 0 Å². The number of likely N-dealkylation sites (tertiary alicyclic amines) is 1. The monoisotopic (exact) mass is 210 g/mol. The maximum absolute atomic E-state index is 5.41. The second kappa shape index (κ2) is 4.28. The van der Waals surface area contributed by atoms with Gasteiger partial charge in [0, 0.05) is 12.6 Å². The standard InChI is InChI=1S/C10H18N4O/c1-7-3-8(2)14(5-7)6-9-12-10(4-11)15-13-9/h7-8H,3-6,11H2,1-2H3. The maximum atomic E-state index is 5.41. The molecule has 5 heteroatoms. The van der Waals surface area contributed by atoms with Crippen molar-refractivity contribution in [1.29, 1.82) is 0 Å². The van der Waals surface area contributed by atoms with Crippen LogP contribution in [-0.2, 0) is 13.1 Å². The first-order valence-electron chi connectivity index (χ1n) is 5.44. The lowest BCUT2D eigenvalue weighted by Gasteiger charge is -2.18. The average molecular weight is 210 g/mol. The van der Waals surface area contributed by atoms with Crippen LogP contribution in [0, 0.1) is 5.92 Å². The first-order valence-corrected chi connectivity index (χ1v) is 5.44. The van der Waals surface area contributed by atoms with Crippen LogP contribution in [0.3, 0.4) is 0 Å². The van der Waals surface area contributed by atoms with Crippen LogP contribution < -0.4 is 5.73 Å². The van der Waals surface area contributed by atoms with E-state index in [-0.39, 0.29) is 0 Å². The van der Waals surface area contributed by atoms with E-state index in [1.807, 2.05) is 0 Å². The third-order valence-corrected chi connectivity index (χ3v) is 2.94. The Morgan fingerprint density at radius 3 is 2.87 bits per heavy atom. The summed E-state index contributed by atoms with van der Waals surface area (Å²) in [6, 6.07) is 0.611. The van der Waals surface area contributed by atoms with Crippen LogP contribution in [0.5, 0.6) is 0 Å². The van der Waals surface area contributed by atoms with Crippen molar-refractivity contribution in [3.8, 4) is 0 Å². The van der Waals surface area contributed by atoms with E-state index in [1.165, 1.54) is 6.42 Å². The van der Waals surface area contributed by atoms with Crippen molar-refractivity contribution in [2.75, 3.05) is 6.54 Å². The summed E-state index contributed by atoms with van der Waals surface area (Å²) in [5.41, 5.74) is 5.41. The zero-order valence-corrected chi connectivity index (χ0v) is 9.31. The smallest absolute Gasteiger partial charge is 0.240 e. The second-order valence-corrected chi connectivity index (χ2v) is 4.43. The van der Waals surface area contributed by atoms with Crippen LogP contribution in [0.15, 0.2) is 4.52 Å². The molecule has 2 heterocycles. The number of rotatable bonds is 3. The van der Waals surface area contributed by atoms with Gasteiger partial charge in [-0.2, -0.15) is 4.98 Å². The molecule has 0 saturated carbocycles. The Balaban J connectivity index is 1.96. The Kier molecular flexibility index (Phi) is 3.02. The van der Waals surface area contributed by atoms with Crippen molar-refractivity contribution in [2.45, 2.75) is 39.4 Å². The number of nitrogens with two attached hydrogens (primary N) is 1. The van der Waals surface area contributed by atoms with Crippen molar-refractivity contribution in [3.63, 3.8) is 0 Å². The summed E-state index contributed by atoms with van der Waals surface area (Å²) in [7, 11) is 0. The van der Waals surface area contributed by atoms with E-state index in [2.05, 4.69) is 28.9 Å². The van der Waals surface area contributed by atoms with Gasteiger partial charge in [0.05, 0.1) is 13.1 Å². The summed E-state index contributed by atoms with van der Waals surface area (Å²) in [6.07, 6.45) is 1.25. The van der Waals surface area contributed by atoms with Gasteiger partial charge in [-0.1, -0.05) is 12.1 Å². The quantitative estimate of drug-likeness (QED) is 0.797. The van der Waals surface area contributed by atoms with Gasteiger partial charge in [0.15, 0.2) is 5.82 Å². The minimum absolute atomic E-state index is 0.318. The Labute approximate surface area is 89.6 Å². The van der Waals surface area contributed by atoms with Gasteiger partial charge in [-0.25, -0.2) is 0 Å². The van der Waals surface area contributed by atoms with E-state index >= 15 is 0 Å². The highest BCUT2D eigenvalue weighted by atomic mass is 16.5. The second-order valence-electron chi connectivity index (χ2n) is 4.43. The minimum atomic E-state index is 0.318. The van der Waals surface area contributed by atoms with E-state index in [9.17, 15) is 0 Å². The fourth-order valence-corrected chi connectivity index (χ4v) is 2.23. The molecule has 0 aromatic carbocycles. The number of aromatic nitrogens is 2. The zero-order valence-electron chi connectivity index (χ0n) is 9.31. The summed E-state index contributed by atoms with van der Waals surface area (Å²) >= 11 is 0. The number of nitrogens with zero attached hydrogens (tertiary/aromatic N) is 3. The Bertz CT molecular complexity index is 325. The van der Waals surface area contributed by atoms with E-state index in [0.717, 1.165) is 24.8 Å². The van der Waals surface area contributed by atoms with Crippen molar-refractivity contribution in [1.82, 2.24) is 15.0 Å². The molecule has 2 N–H and O–H groups in total. The Hall–Kier alpha value is -0.940. The van der Waals surface area contributed by atoms with Crippen LogP contribution in [-0.4, -0.2) is 27.6 Å². The highest BCUT2D eigenvalue weighted by molar-refractivity contribution is 4.89. The van der Waals surface area contributed by atoms with Gasteiger partial charge >= 0.3 is 0 Å². The molecular formula is C10H18N4O. The summed E-state index contributed by atoms with van der Waals surface area (Å²) in [4.78, 5) is 6.59. The highest BCUT2D eigenvalue weighted by Gasteiger charge is 2.26. The molecular weight excluding hydrogens is 192 g/mol. The normalized spacial score (nSPS) is 27.4. The molecule has 1 aromatic rings. The largest absolute Gasteiger partial charge is 0.338 e. The fraction of sp³-hybridized carbons (Fsp3) is 0.800. The van der Waals surface area contributed by atoms with Gasteiger partial charge in [-0.3, -0.25) is 4.90 Å². The molecule has 0 radical (unpaired) electrons. The first kappa shape index (κ1) is 10.6. The van der Waals surface area contributed by atoms with Gasteiger partial charge in [0.1, 0.15) is 0 Å². The van der Waals surface area contributed by atoms with E-state index in [0.29, 0.717) is 18.5 Å². The molecule has 2 atom stereocenters. The van der Waals surface area contributed by atoms with Crippen LogP contribution in [0.2, 0.25) is 0 Å². The molecule has 1 fully saturated rings. The predicted octanol–water partition coefficient (Wildman–Crippen LogP) is 0.759. The molecule has 0 spiro atoms. The van der Waals surface area contributed by atoms with Crippen LogP contribution >= 0.6 is 0 Å². The van der Waals surface area contributed by atoms with Gasteiger partial charge in [-0.05, 0) is 19.3 Å². The molecule has 0 bridgehead atoms. The highest BCUT2D eigenvalue weighted by Crippen LogP contribution is 2.23. The first-order chi connectivity index (χ1) is 7.19. The predicted molar refractivity (Wildman–Crippen MR) is 55.8 cm³/mol. The van der Waals surface area contributed by atoms with Crippen molar-refractivity contribution in [2.24, 2.45) is 11.7 Å². The van der Waals surface area contributed by atoms with Gasteiger partial charge < -0.3 is 10.3 Å². The van der Waals surface area contributed by atoms with Crippen LogP contribution in [0.25, 0.3) is 0 Å². The Morgan fingerprint density at radius 2 is 2.33 bits per heavy atom. The topological polar surface area (TPSA) is 68.2 Å². The molecule has 2 unspecified atom stereocenters. The molecule has 84 valence electrons. The average Bonchev–Trinajstić information content (AvgIpc) is 2.75. The maximum Gasteiger partial charge on any atom is 0.240 e. The SMILES string of the molecule is CC1CC(C)N(Cc2noc(CN)n2)C1. The lowest BCUT2D eigenvalue weighted by molar-refractivity contribution is 0.245. The lowest BCUT2D eigenvalue weighted by atomic mass is 10.1. The third-order valence-electron chi connectivity index (χ3n) is 2.94. The lowest BCUT2D eigenvalue weighted by Crippen LogP contribution is -2.27. The van der Waals surface area contributed by atoms with Crippen molar-refractivity contribution in [3.05, 3.63) is 11.7 Å². The van der Waals surface area contributed by atoms with E-state index < -0.39 is 0 Å². The molecule has 5 nitrogen and oxygen atoms in total. The van der Waals surface area contributed by atoms with Crippen molar-refractivity contribution >= 4 is 0 Å². The summed E-state index contributed by atoms with van der Waals surface area (Å²) in [6.45, 7) is 6.73. The molecule has 1 saturated heterocycles. The number of hydrogen-bond acceptors (Lipinski definition) is 5. The van der Waals surface area contributed by atoms with E-state index in [1.54, 1.807) is 0 Å². The summed E-state index contributed by atoms with van der Waals surface area (Å²) in [5.74, 6) is 2.03. The molecule has 0 amide bonds. The van der Waals surface area contributed by atoms with Crippen LogP contribution in [0.1, 0.15) is 32.0 Å².